The SMILES string of the molecule is F[Si](F)(F)OCc1ccccc1. The summed E-state index contributed by atoms with van der Waals surface area (Å²) in [5.41, 5.74) is 0.544. The second-order valence-electron chi connectivity index (χ2n) is 2.22. The van der Waals surface area contributed by atoms with E-state index < -0.39 is 9.32 Å². The molecule has 0 aromatic heterocycles. The molecule has 0 spiro atoms. The van der Waals surface area contributed by atoms with E-state index in [1.165, 1.54) is 0 Å². The van der Waals surface area contributed by atoms with Gasteiger partial charge in [-0.25, -0.2) is 12.3 Å². The van der Waals surface area contributed by atoms with E-state index in [-0.39, 0.29) is 6.61 Å². The standard InChI is InChI=1S/C7H7F3OSi/c8-12(9,10)11-6-7-4-2-1-3-5-7/h1-5H,6H2. The molecule has 1 aromatic rings. The summed E-state index contributed by atoms with van der Waals surface area (Å²) < 4.78 is 38.7. The van der Waals surface area contributed by atoms with Crippen LogP contribution >= 0.6 is 0 Å². The third kappa shape index (κ3) is 3.54. The fourth-order valence-corrected chi connectivity index (χ4v) is 1.07. The van der Waals surface area contributed by atoms with E-state index in [1.807, 2.05) is 0 Å². The van der Waals surface area contributed by atoms with Gasteiger partial charge in [0.25, 0.3) is 0 Å². The van der Waals surface area contributed by atoms with Crippen LogP contribution in [0.1, 0.15) is 5.56 Å². The van der Waals surface area contributed by atoms with Gasteiger partial charge < -0.3 is 4.43 Å². The maximum atomic E-state index is 11.7. The van der Waals surface area contributed by atoms with Crippen molar-refractivity contribution in [2.45, 2.75) is 6.61 Å². The highest BCUT2D eigenvalue weighted by atomic mass is 28.5. The van der Waals surface area contributed by atoms with E-state index in [1.54, 1.807) is 30.3 Å². The summed E-state index contributed by atoms with van der Waals surface area (Å²) in [4.78, 5) is 0. The Hall–Kier alpha value is -0.813. The molecule has 12 heavy (non-hydrogen) atoms. The molecule has 0 unspecified atom stereocenters. The molecule has 1 nitrogen and oxygen atoms in total. The highest BCUT2D eigenvalue weighted by molar-refractivity contribution is 6.51. The number of rotatable bonds is 3. The number of benzene rings is 1. The summed E-state index contributed by atoms with van der Waals surface area (Å²) in [5.74, 6) is 0. The lowest BCUT2D eigenvalue weighted by Gasteiger charge is -2.03. The Bertz CT molecular complexity index is 234. The van der Waals surface area contributed by atoms with Crippen molar-refractivity contribution in [2.75, 3.05) is 0 Å². The van der Waals surface area contributed by atoms with Crippen LogP contribution in [0.5, 0.6) is 0 Å². The first-order chi connectivity index (χ1) is 5.58. The topological polar surface area (TPSA) is 9.23 Å². The summed E-state index contributed by atoms with van der Waals surface area (Å²) in [6.45, 7) is -0.365. The minimum atomic E-state index is -5.84. The number of hydrogen-bond donors (Lipinski definition) is 0. The summed E-state index contributed by atoms with van der Waals surface area (Å²) in [6, 6.07) is 8.29. The van der Waals surface area contributed by atoms with E-state index in [0.717, 1.165) is 0 Å². The van der Waals surface area contributed by atoms with Crippen molar-refractivity contribution >= 4 is 9.32 Å². The molecule has 0 saturated carbocycles. The fraction of sp³-hybridized carbons (Fsp3) is 0.143. The largest absolute Gasteiger partial charge is 0.802 e. The highest BCUT2D eigenvalue weighted by Crippen LogP contribution is 2.12. The van der Waals surface area contributed by atoms with Crippen LogP contribution in [0.4, 0.5) is 12.3 Å². The zero-order valence-electron chi connectivity index (χ0n) is 6.14. The highest BCUT2D eigenvalue weighted by Gasteiger charge is 2.41. The third-order valence-electron chi connectivity index (χ3n) is 1.25. The summed E-state index contributed by atoms with van der Waals surface area (Å²) in [7, 11) is -5.84. The molecule has 66 valence electrons. The molecule has 0 bridgehead atoms. The second-order valence-corrected chi connectivity index (χ2v) is 3.40. The lowest BCUT2D eigenvalue weighted by atomic mass is 10.2. The van der Waals surface area contributed by atoms with Gasteiger partial charge >= 0.3 is 9.32 Å². The quantitative estimate of drug-likeness (QED) is 0.528. The van der Waals surface area contributed by atoms with Crippen LogP contribution in [-0.4, -0.2) is 9.32 Å². The molecule has 1 rings (SSSR count). The molecule has 1 aromatic carbocycles. The second kappa shape index (κ2) is 3.73. The van der Waals surface area contributed by atoms with Crippen molar-refractivity contribution in [1.82, 2.24) is 0 Å². The molecule has 0 aliphatic heterocycles. The molecule has 0 radical (unpaired) electrons. The predicted molar refractivity (Wildman–Crippen MR) is 40.3 cm³/mol. The van der Waals surface area contributed by atoms with E-state index >= 15 is 0 Å². The molecule has 0 N–H and O–H groups in total. The zero-order chi connectivity index (χ0) is 9.03. The number of halogens is 3. The van der Waals surface area contributed by atoms with Gasteiger partial charge in [0.1, 0.15) is 0 Å². The first kappa shape index (κ1) is 9.28. The Balaban J connectivity index is 2.44. The monoisotopic (exact) mass is 192 g/mol. The lowest BCUT2D eigenvalue weighted by molar-refractivity contribution is 0.166. The average Bonchev–Trinajstić information content (AvgIpc) is 2.02. The molecule has 0 amide bonds. The Morgan fingerprint density at radius 1 is 1.08 bits per heavy atom. The predicted octanol–water partition coefficient (Wildman–Crippen LogP) is 2.55. The van der Waals surface area contributed by atoms with Gasteiger partial charge in [0.2, 0.25) is 0 Å². The summed E-state index contributed by atoms with van der Waals surface area (Å²) in [6.07, 6.45) is 0. The van der Waals surface area contributed by atoms with Crippen molar-refractivity contribution in [3.05, 3.63) is 35.9 Å². The molecule has 0 atom stereocenters. The number of hydrogen-bond acceptors (Lipinski definition) is 1. The first-order valence-corrected chi connectivity index (χ1v) is 4.87. The van der Waals surface area contributed by atoms with E-state index in [0.29, 0.717) is 5.56 Å². The fourth-order valence-electron chi connectivity index (χ4n) is 0.739. The smallest absolute Gasteiger partial charge is 0.338 e. The summed E-state index contributed by atoms with van der Waals surface area (Å²) >= 11 is 0. The van der Waals surface area contributed by atoms with Crippen molar-refractivity contribution in [1.29, 1.82) is 0 Å². The van der Waals surface area contributed by atoms with E-state index in [9.17, 15) is 12.3 Å². The Morgan fingerprint density at radius 3 is 2.17 bits per heavy atom. The van der Waals surface area contributed by atoms with Gasteiger partial charge in [0, 0.05) is 0 Å². The maximum Gasteiger partial charge on any atom is 0.802 e. The first-order valence-electron chi connectivity index (χ1n) is 3.32. The van der Waals surface area contributed by atoms with Gasteiger partial charge in [0.15, 0.2) is 0 Å². The third-order valence-corrected chi connectivity index (χ3v) is 1.72. The Morgan fingerprint density at radius 2 is 1.67 bits per heavy atom. The Labute approximate surface area is 69.4 Å². The molecule has 0 heterocycles. The summed E-state index contributed by atoms with van der Waals surface area (Å²) in [5, 5.41) is 0. The molecule has 0 aliphatic rings. The van der Waals surface area contributed by atoms with Gasteiger partial charge in [0.05, 0.1) is 6.61 Å². The lowest BCUT2D eigenvalue weighted by Crippen LogP contribution is -2.20. The molecule has 5 heteroatoms. The van der Waals surface area contributed by atoms with Crippen LogP contribution in [-0.2, 0) is 11.0 Å². The van der Waals surface area contributed by atoms with Gasteiger partial charge in [-0.15, -0.1) is 0 Å². The molecule has 0 aliphatic carbocycles. The minimum Gasteiger partial charge on any atom is -0.338 e. The van der Waals surface area contributed by atoms with Crippen molar-refractivity contribution in [2.24, 2.45) is 0 Å². The van der Waals surface area contributed by atoms with Gasteiger partial charge in [-0.3, -0.25) is 0 Å². The van der Waals surface area contributed by atoms with E-state index in [2.05, 4.69) is 4.43 Å². The average molecular weight is 192 g/mol. The molecular weight excluding hydrogens is 185 g/mol. The molecule has 0 fully saturated rings. The molecule has 0 saturated heterocycles. The van der Waals surface area contributed by atoms with Crippen molar-refractivity contribution in [3.8, 4) is 0 Å². The van der Waals surface area contributed by atoms with Crippen LogP contribution in [0.25, 0.3) is 0 Å². The minimum absolute atomic E-state index is 0.365. The van der Waals surface area contributed by atoms with Crippen LogP contribution in [0, 0.1) is 0 Å². The zero-order valence-corrected chi connectivity index (χ0v) is 7.14. The van der Waals surface area contributed by atoms with Crippen LogP contribution in [0.3, 0.4) is 0 Å². The maximum absolute atomic E-state index is 11.7. The normalized spacial score (nSPS) is 11.6. The van der Waals surface area contributed by atoms with Gasteiger partial charge in [-0.1, -0.05) is 30.3 Å². The van der Waals surface area contributed by atoms with E-state index in [4.69, 9.17) is 0 Å². The van der Waals surface area contributed by atoms with Crippen molar-refractivity contribution < 1.29 is 16.7 Å². The van der Waals surface area contributed by atoms with Crippen molar-refractivity contribution in [3.63, 3.8) is 0 Å². The van der Waals surface area contributed by atoms with Crippen LogP contribution < -0.4 is 0 Å². The molecular formula is C7H7F3OSi. The van der Waals surface area contributed by atoms with Crippen LogP contribution in [0.2, 0.25) is 0 Å². The Kier molecular flexibility index (Phi) is 2.88. The van der Waals surface area contributed by atoms with Gasteiger partial charge in [-0.2, -0.15) is 0 Å². The van der Waals surface area contributed by atoms with Gasteiger partial charge in [-0.05, 0) is 5.56 Å². The van der Waals surface area contributed by atoms with Crippen LogP contribution in [0.15, 0.2) is 30.3 Å².